The van der Waals surface area contributed by atoms with Crippen LogP contribution in [0.4, 0.5) is 0 Å². The van der Waals surface area contributed by atoms with E-state index in [1.165, 1.54) is 0 Å². The summed E-state index contributed by atoms with van der Waals surface area (Å²) in [5, 5.41) is 6.25. The second-order valence-corrected chi connectivity index (χ2v) is 7.77. The minimum Gasteiger partial charge on any atom is -0.490 e. The van der Waals surface area contributed by atoms with E-state index in [1.807, 2.05) is 13.8 Å². The highest BCUT2D eigenvalue weighted by molar-refractivity contribution is 5.95. The number of hydrogen-bond donors (Lipinski definition) is 2. The van der Waals surface area contributed by atoms with Gasteiger partial charge in [-0.05, 0) is 63.1 Å². The molecular formula is C22H32N2O5. The van der Waals surface area contributed by atoms with Crippen molar-refractivity contribution in [3.63, 3.8) is 0 Å². The van der Waals surface area contributed by atoms with Gasteiger partial charge in [0.05, 0.1) is 13.2 Å². The Labute approximate surface area is 172 Å². The largest absolute Gasteiger partial charge is 0.490 e. The van der Waals surface area contributed by atoms with Gasteiger partial charge in [-0.3, -0.25) is 9.59 Å². The maximum absolute atomic E-state index is 12.8. The Balaban J connectivity index is 1.64. The van der Waals surface area contributed by atoms with Crippen molar-refractivity contribution < 1.29 is 23.8 Å². The van der Waals surface area contributed by atoms with E-state index in [4.69, 9.17) is 14.2 Å². The van der Waals surface area contributed by atoms with Crippen molar-refractivity contribution in [2.45, 2.75) is 51.6 Å². The number of methoxy groups -OCH3 is 1. The predicted molar refractivity (Wildman–Crippen MR) is 109 cm³/mol. The Morgan fingerprint density at radius 1 is 1.17 bits per heavy atom. The fourth-order valence-corrected chi connectivity index (χ4v) is 4.57. The van der Waals surface area contributed by atoms with Gasteiger partial charge in [0.2, 0.25) is 5.91 Å². The second-order valence-electron chi connectivity index (χ2n) is 7.77. The summed E-state index contributed by atoms with van der Waals surface area (Å²) < 4.78 is 16.5. The van der Waals surface area contributed by atoms with Crippen LogP contribution in [0.5, 0.6) is 11.5 Å². The number of carbonyl (C=O) groups excluding carboxylic acids is 2. The highest BCUT2D eigenvalue weighted by Gasteiger charge is 2.40. The van der Waals surface area contributed by atoms with E-state index >= 15 is 0 Å². The third-order valence-corrected chi connectivity index (χ3v) is 5.82. The molecule has 0 aromatic heterocycles. The van der Waals surface area contributed by atoms with Crippen molar-refractivity contribution >= 4 is 11.8 Å². The monoisotopic (exact) mass is 404 g/mol. The van der Waals surface area contributed by atoms with Gasteiger partial charge in [-0.25, -0.2) is 0 Å². The number of benzene rings is 1. The lowest BCUT2D eigenvalue weighted by Crippen LogP contribution is -2.56. The Morgan fingerprint density at radius 3 is 2.66 bits per heavy atom. The van der Waals surface area contributed by atoms with Crippen molar-refractivity contribution in [1.82, 2.24) is 10.6 Å². The molecule has 2 aliphatic rings. The molecule has 1 saturated heterocycles. The van der Waals surface area contributed by atoms with Crippen LogP contribution >= 0.6 is 0 Å². The van der Waals surface area contributed by atoms with Crippen LogP contribution in [0.25, 0.3) is 0 Å². The molecule has 1 heterocycles. The van der Waals surface area contributed by atoms with E-state index < -0.39 is 0 Å². The smallest absolute Gasteiger partial charge is 0.251 e. The number of fused-ring (bicyclic) bond motifs is 1. The van der Waals surface area contributed by atoms with Crippen molar-refractivity contribution in [3.05, 3.63) is 23.8 Å². The summed E-state index contributed by atoms with van der Waals surface area (Å²) >= 11 is 0. The van der Waals surface area contributed by atoms with Crippen molar-refractivity contribution in [2.24, 2.45) is 11.8 Å². The highest BCUT2D eigenvalue weighted by atomic mass is 16.5. The molecule has 1 aliphatic heterocycles. The SMILES string of the molecule is CCOc1ccc(C(=O)NC2CCC3C(COC)CC(=O)NC3C2)cc1OCC. The molecule has 3 rings (SSSR count). The summed E-state index contributed by atoms with van der Waals surface area (Å²) in [5.41, 5.74) is 0.545. The lowest BCUT2D eigenvalue weighted by molar-refractivity contribution is -0.128. The molecule has 160 valence electrons. The molecule has 7 heteroatoms. The van der Waals surface area contributed by atoms with Crippen LogP contribution in [0.2, 0.25) is 0 Å². The average molecular weight is 405 g/mol. The topological polar surface area (TPSA) is 85.9 Å². The molecular weight excluding hydrogens is 372 g/mol. The van der Waals surface area contributed by atoms with Crippen LogP contribution in [-0.2, 0) is 9.53 Å². The summed E-state index contributed by atoms with van der Waals surface area (Å²) in [4.78, 5) is 24.9. The Kier molecular flexibility index (Phi) is 7.36. The fraction of sp³-hybridized carbons (Fsp3) is 0.636. The number of ether oxygens (including phenoxy) is 3. The minimum absolute atomic E-state index is 0.0347. The Morgan fingerprint density at radius 2 is 1.93 bits per heavy atom. The molecule has 0 bridgehead atoms. The first-order valence-corrected chi connectivity index (χ1v) is 10.5. The second kappa shape index (κ2) is 9.96. The molecule has 1 aromatic carbocycles. The van der Waals surface area contributed by atoms with Crippen molar-refractivity contribution in [3.8, 4) is 11.5 Å². The number of carbonyl (C=O) groups is 2. The third-order valence-electron chi connectivity index (χ3n) is 5.82. The standard InChI is InChI=1S/C22H32N2O5/c1-4-28-19-9-6-14(10-20(19)29-5-2)22(26)23-16-7-8-17-15(13-27-3)11-21(25)24-18(17)12-16/h6,9-10,15-18H,4-5,7-8,11-13H2,1-3H3,(H,23,26)(H,24,25). The van der Waals surface area contributed by atoms with E-state index in [0.717, 1.165) is 19.3 Å². The third kappa shape index (κ3) is 5.21. The van der Waals surface area contributed by atoms with Crippen LogP contribution < -0.4 is 20.1 Å². The predicted octanol–water partition coefficient (Wildman–Crippen LogP) is 2.53. The molecule has 1 saturated carbocycles. The van der Waals surface area contributed by atoms with Gasteiger partial charge in [0, 0.05) is 37.8 Å². The number of amides is 2. The lowest BCUT2D eigenvalue weighted by Gasteiger charge is -2.43. The molecule has 1 aliphatic carbocycles. The lowest BCUT2D eigenvalue weighted by atomic mass is 9.71. The molecule has 2 fully saturated rings. The van der Waals surface area contributed by atoms with Gasteiger partial charge in [0.15, 0.2) is 11.5 Å². The first-order chi connectivity index (χ1) is 14.0. The number of piperidine rings is 1. The molecule has 4 unspecified atom stereocenters. The van der Waals surface area contributed by atoms with Gasteiger partial charge in [-0.1, -0.05) is 0 Å². The van der Waals surface area contributed by atoms with E-state index in [-0.39, 0.29) is 29.8 Å². The van der Waals surface area contributed by atoms with Gasteiger partial charge < -0.3 is 24.8 Å². The average Bonchev–Trinajstić information content (AvgIpc) is 2.69. The van der Waals surface area contributed by atoms with E-state index in [9.17, 15) is 9.59 Å². The normalized spacial score (nSPS) is 26.2. The maximum atomic E-state index is 12.8. The van der Waals surface area contributed by atoms with Gasteiger partial charge >= 0.3 is 0 Å². The van der Waals surface area contributed by atoms with Crippen molar-refractivity contribution in [1.29, 1.82) is 0 Å². The molecule has 2 N–H and O–H groups in total. The molecule has 0 spiro atoms. The van der Waals surface area contributed by atoms with E-state index in [1.54, 1.807) is 25.3 Å². The molecule has 4 atom stereocenters. The number of rotatable bonds is 8. The van der Waals surface area contributed by atoms with E-state index in [2.05, 4.69) is 10.6 Å². The van der Waals surface area contributed by atoms with Crippen LogP contribution in [0.3, 0.4) is 0 Å². The number of nitrogens with one attached hydrogen (secondary N) is 2. The first-order valence-electron chi connectivity index (χ1n) is 10.5. The molecule has 29 heavy (non-hydrogen) atoms. The summed E-state index contributed by atoms with van der Waals surface area (Å²) in [7, 11) is 1.68. The van der Waals surface area contributed by atoms with Crippen LogP contribution in [0, 0.1) is 11.8 Å². The minimum atomic E-state index is -0.131. The Hall–Kier alpha value is -2.28. The van der Waals surface area contributed by atoms with Gasteiger partial charge in [0.1, 0.15) is 0 Å². The zero-order chi connectivity index (χ0) is 20.8. The molecule has 1 aromatic rings. The fourth-order valence-electron chi connectivity index (χ4n) is 4.57. The van der Waals surface area contributed by atoms with Gasteiger partial charge in [0.25, 0.3) is 5.91 Å². The van der Waals surface area contributed by atoms with Crippen LogP contribution in [0.15, 0.2) is 18.2 Å². The van der Waals surface area contributed by atoms with Crippen LogP contribution in [0.1, 0.15) is 49.9 Å². The zero-order valence-corrected chi connectivity index (χ0v) is 17.5. The summed E-state index contributed by atoms with van der Waals surface area (Å²) in [6.07, 6.45) is 3.14. The summed E-state index contributed by atoms with van der Waals surface area (Å²) in [5.74, 6) is 1.83. The highest BCUT2D eigenvalue weighted by Crippen LogP contribution is 2.36. The summed E-state index contributed by atoms with van der Waals surface area (Å²) in [6, 6.07) is 5.39. The zero-order valence-electron chi connectivity index (χ0n) is 17.5. The van der Waals surface area contributed by atoms with Crippen molar-refractivity contribution in [2.75, 3.05) is 26.9 Å². The summed E-state index contributed by atoms with van der Waals surface area (Å²) in [6.45, 7) is 5.45. The maximum Gasteiger partial charge on any atom is 0.251 e. The van der Waals surface area contributed by atoms with Gasteiger partial charge in [-0.15, -0.1) is 0 Å². The molecule has 7 nitrogen and oxygen atoms in total. The first kappa shape index (κ1) is 21.4. The van der Waals surface area contributed by atoms with E-state index in [0.29, 0.717) is 49.2 Å². The molecule has 0 radical (unpaired) electrons. The van der Waals surface area contributed by atoms with Gasteiger partial charge in [-0.2, -0.15) is 0 Å². The Bertz CT molecular complexity index is 723. The molecule has 2 amide bonds. The quantitative estimate of drug-likeness (QED) is 0.695. The number of hydrogen-bond acceptors (Lipinski definition) is 5. The van der Waals surface area contributed by atoms with Crippen LogP contribution in [-0.4, -0.2) is 50.8 Å².